The van der Waals surface area contributed by atoms with Gasteiger partial charge in [0, 0.05) is 17.4 Å². The maximum absolute atomic E-state index is 11.7. The van der Waals surface area contributed by atoms with Crippen LogP contribution in [-0.4, -0.2) is 12.1 Å². The molecule has 0 N–H and O–H groups in total. The van der Waals surface area contributed by atoms with E-state index in [-0.39, 0.29) is 23.4 Å². The van der Waals surface area contributed by atoms with Crippen molar-refractivity contribution in [2.24, 2.45) is 17.3 Å². The summed E-state index contributed by atoms with van der Waals surface area (Å²) in [5.41, 5.74) is 2.15. The van der Waals surface area contributed by atoms with Crippen LogP contribution in [0.3, 0.4) is 0 Å². The van der Waals surface area contributed by atoms with Crippen LogP contribution >= 0.6 is 0 Å². The summed E-state index contributed by atoms with van der Waals surface area (Å²) in [5.74, 6) is 0.372. The van der Waals surface area contributed by atoms with Gasteiger partial charge in [-0.15, -0.1) is 0 Å². The average molecular weight is 230 g/mol. The first kappa shape index (κ1) is 10.8. The van der Waals surface area contributed by atoms with Crippen molar-refractivity contribution < 1.29 is 9.53 Å². The Hall–Kier alpha value is -1.31. The number of carbonyl (C=O) groups is 1. The van der Waals surface area contributed by atoms with E-state index in [4.69, 9.17) is 4.74 Å². The molecule has 2 nitrogen and oxygen atoms in total. The third kappa shape index (κ3) is 1.36. The predicted octanol–water partition coefficient (Wildman–Crippen LogP) is 3.02. The zero-order valence-corrected chi connectivity index (χ0v) is 10.4. The Morgan fingerprint density at radius 3 is 3.06 bits per heavy atom. The highest BCUT2D eigenvalue weighted by molar-refractivity contribution is 5.91. The molecule has 0 aromatic carbocycles. The molecule has 90 valence electrons. The Kier molecular flexibility index (Phi) is 2.13. The molecule has 2 fully saturated rings. The van der Waals surface area contributed by atoms with Gasteiger partial charge in [0.15, 0.2) is 0 Å². The van der Waals surface area contributed by atoms with E-state index in [1.165, 1.54) is 5.57 Å². The summed E-state index contributed by atoms with van der Waals surface area (Å²) in [4.78, 5) is 11.7. The predicted molar refractivity (Wildman–Crippen MR) is 66.2 cm³/mol. The molecular formula is C15H18O2. The van der Waals surface area contributed by atoms with Crippen LogP contribution in [-0.2, 0) is 9.53 Å². The molecule has 1 saturated heterocycles. The van der Waals surface area contributed by atoms with Crippen LogP contribution in [0, 0.1) is 17.3 Å². The van der Waals surface area contributed by atoms with Crippen molar-refractivity contribution in [3.8, 4) is 0 Å². The fourth-order valence-electron chi connectivity index (χ4n) is 3.76. The topological polar surface area (TPSA) is 26.3 Å². The van der Waals surface area contributed by atoms with E-state index in [0.717, 1.165) is 12.8 Å². The zero-order valence-electron chi connectivity index (χ0n) is 10.4. The second-order valence-electron chi connectivity index (χ2n) is 5.79. The van der Waals surface area contributed by atoms with Crippen molar-refractivity contribution in [1.82, 2.24) is 0 Å². The van der Waals surface area contributed by atoms with E-state index in [9.17, 15) is 4.79 Å². The summed E-state index contributed by atoms with van der Waals surface area (Å²) < 4.78 is 5.57. The van der Waals surface area contributed by atoms with Gasteiger partial charge in [-0.05, 0) is 25.2 Å². The standard InChI is InChI=1S/C15H18O2/c1-9-5-4-7-15(3)8-6-11-10(2)14(16)17-13(11)12(9)15/h4-5,7,11-13H,2,6,8H2,1,3H3/t11-,12+,13-,15-/m0/s1. The van der Waals surface area contributed by atoms with Gasteiger partial charge in [-0.1, -0.05) is 37.3 Å². The van der Waals surface area contributed by atoms with Crippen LogP contribution in [0.15, 0.2) is 36.0 Å². The van der Waals surface area contributed by atoms with Gasteiger partial charge >= 0.3 is 5.97 Å². The van der Waals surface area contributed by atoms with Gasteiger partial charge in [-0.25, -0.2) is 4.79 Å². The Bertz CT molecular complexity index is 458. The first-order valence-corrected chi connectivity index (χ1v) is 6.29. The van der Waals surface area contributed by atoms with Crippen molar-refractivity contribution in [3.63, 3.8) is 0 Å². The molecule has 1 aliphatic heterocycles. The molecule has 0 bridgehead atoms. The number of ether oxygens (including phenoxy) is 1. The lowest BCUT2D eigenvalue weighted by Gasteiger charge is -2.46. The van der Waals surface area contributed by atoms with Crippen LogP contribution in [0.25, 0.3) is 0 Å². The van der Waals surface area contributed by atoms with Gasteiger partial charge in [0.1, 0.15) is 6.10 Å². The third-order valence-electron chi connectivity index (χ3n) is 4.71. The maximum atomic E-state index is 11.7. The molecule has 0 radical (unpaired) electrons. The Morgan fingerprint density at radius 1 is 1.53 bits per heavy atom. The number of fused-ring (bicyclic) bond motifs is 3. The minimum Gasteiger partial charge on any atom is -0.458 e. The van der Waals surface area contributed by atoms with Gasteiger partial charge in [-0.2, -0.15) is 0 Å². The van der Waals surface area contributed by atoms with E-state index in [2.05, 4.69) is 38.7 Å². The van der Waals surface area contributed by atoms with Crippen molar-refractivity contribution in [1.29, 1.82) is 0 Å². The van der Waals surface area contributed by atoms with Gasteiger partial charge in [0.05, 0.1) is 0 Å². The summed E-state index contributed by atoms with van der Waals surface area (Å²) in [6, 6.07) is 0. The summed E-state index contributed by atoms with van der Waals surface area (Å²) in [5, 5.41) is 0. The Morgan fingerprint density at radius 2 is 2.29 bits per heavy atom. The molecule has 3 rings (SSSR count). The second kappa shape index (κ2) is 3.34. The smallest absolute Gasteiger partial charge is 0.334 e. The molecular weight excluding hydrogens is 212 g/mol. The zero-order chi connectivity index (χ0) is 12.2. The lowest BCUT2D eigenvalue weighted by Crippen LogP contribution is -2.44. The summed E-state index contributed by atoms with van der Waals surface area (Å²) in [6.45, 7) is 8.31. The quantitative estimate of drug-likeness (QED) is 0.472. The molecule has 0 aromatic rings. The summed E-state index contributed by atoms with van der Waals surface area (Å²) >= 11 is 0. The fourth-order valence-corrected chi connectivity index (χ4v) is 3.76. The molecule has 0 aromatic heterocycles. The van der Waals surface area contributed by atoms with E-state index >= 15 is 0 Å². The minimum atomic E-state index is -0.188. The molecule has 1 saturated carbocycles. The molecule has 4 atom stereocenters. The first-order chi connectivity index (χ1) is 8.03. The number of esters is 1. The highest BCUT2D eigenvalue weighted by Gasteiger charge is 2.53. The van der Waals surface area contributed by atoms with Gasteiger partial charge in [0.2, 0.25) is 0 Å². The van der Waals surface area contributed by atoms with Crippen molar-refractivity contribution in [2.75, 3.05) is 0 Å². The molecule has 1 heterocycles. The molecule has 3 aliphatic rings. The summed E-state index contributed by atoms with van der Waals surface area (Å²) in [7, 11) is 0. The number of hydrogen-bond acceptors (Lipinski definition) is 2. The lowest BCUT2D eigenvalue weighted by molar-refractivity contribution is -0.143. The van der Waals surface area contributed by atoms with Crippen LogP contribution in [0.5, 0.6) is 0 Å². The SMILES string of the molecule is C=C1C(=O)O[C@@H]2[C@H]3C(C)=CC=C[C@@]3(C)CC[C@@H]12. The van der Waals surface area contributed by atoms with Crippen molar-refractivity contribution >= 4 is 5.97 Å². The van der Waals surface area contributed by atoms with E-state index in [0.29, 0.717) is 11.5 Å². The maximum Gasteiger partial charge on any atom is 0.334 e. The van der Waals surface area contributed by atoms with Gasteiger partial charge < -0.3 is 4.74 Å². The normalized spacial score (nSPS) is 43.9. The lowest BCUT2D eigenvalue weighted by atomic mass is 9.58. The third-order valence-corrected chi connectivity index (χ3v) is 4.71. The number of hydrogen-bond donors (Lipinski definition) is 0. The monoisotopic (exact) mass is 230 g/mol. The molecule has 2 heteroatoms. The van der Waals surface area contributed by atoms with E-state index < -0.39 is 0 Å². The highest BCUT2D eigenvalue weighted by atomic mass is 16.6. The van der Waals surface area contributed by atoms with Gasteiger partial charge in [0.25, 0.3) is 0 Å². The van der Waals surface area contributed by atoms with E-state index in [1.807, 2.05) is 0 Å². The minimum absolute atomic E-state index is 0.00921. The molecule has 0 unspecified atom stereocenters. The van der Waals surface area contributed by atoms with Crippen LogP contribution in [0.2, 0.25) is 0 Å². The second-order valence-corrected chi connectivity index (χ2v) is 5.79. The van der Waals surface area contributed by atoms with Crippen molar-refractivity contribution in [2.45, 2.75) is 32.8 Å². The molecule has 0 spiro atoms. The molecule has 17 heavy (non-hydrogen) atoms. The van der Waals surface area contributed by atoms with E-state index in [1.54, 1.807) is 0 Å². The van der Waals surface area contributed by atoms with Crippen LogP contribution < -0.4 is 0 Å². The molecule has 2 aliphatic carbocycles. The van der Waals surface area contributed by atoms with Crippen LogP contribution in [0.4, 0.5) is 0 Å². The first-order valence-electron chi connectivity index (χ1n) is 6.29. The largest absolute Gasteiger partial charge is 0.458 e. The Labute approximate surface area is 102 Å². The van der Waals surface area contributed by atoms with Crippen LogP contribution in [0.1, 0.15) is 26.7 Å². The number of allylic oxidation sites excluding steroid dienone is 3. The molecule has 0 amide bonds. The van der Waals surface area contributed by atoms with Gasteiger partial charge in [-0.3, -0.25) is 0 Å². The number of carbonyl (C=O) groups excluding carboxylic acids is 1. The average Bonchev–Trinajstić information content (AvgIpc) is 2.54. The van der Waals surface area contributed by atoms with Crippen molar-refractivity contribution in [3.05, 3.63) is 36.0 Å². The highest BCUT2D eigenvalue weighted by Crippen LogP contribution is 2.54. The Balaban J connectivity index is 2.02. The summed E-state index contributed by atoms with van der Waals surface area (Å²) in [6.07, 6.45) is 8.68. The fraction of sp³-hybridized carbons (Fsp3) is 0.533. The number of rotatable bonds is 0.